The van der Waals surface area contributed by atoms with Crippen LogP contribution in [0.5, 0.6) is 17.2 Å². The number of nitrogens with zero attached hydrogens (tertiary/aromatic N) is 2. The maximum Gasteiger partial charge on any atom is 0.254 e. The van der Waals surface area contributed by atoms with Gasteiger partial charge in [-0.3, -0.25) is 9.69 Å². The first-order chi connectivity index (χ1) is 12.2. The van der Waals surface area contributed by atoms with E-state index in [9.17, 15) is 4.79 Å². The predicted octanol–water partition coefficient (Wildman–Crippen LogP) is 1.25. The Hall–Kier alpha value is -1.70. The van der Waals surface area contributed by atoms with Crippen LogP contribution < -0.4 is 19.5 Å². The Labute approximate surface area is 161 Å². The second-order valence-corrected chi connectivity index (χ2v) is 6.39. The summed E-state index contributed by atoms with van der Waals surface area (Å²) >= 11 is 0. The number of amides is 1. The minimum atomic E-state index is 0. The Morgan fingerprint density at radius 1 is 1.04 bits per heavy atom. The molecule has 7 nitrogen and oxygen atoms in total. The first-order valence-corrected chi connectivity index (χ1v) is 8.72. The highest BCUT2D eigenvalue weighted by atomic mass is 35.5. The third-order valence-corrected chi connectivity index (χ3v) is 5.03. The summed E-state index contributed by atoms with van der Waals surface area (Å²) in [4.78, 5) is 17.4. The lowest BCUT2D eigenvalue weighted by atomic mass is 10.1. The molecule has 2 aliphatic rings. The fourth-order valence-electron chi connectivity index (χ4n) is 3.66. The third kappa shape index (κ3) is 4.16. The average molecular weight is 386 g/mol. The second-order valence-electron chi connectivity index (χ2n) is 6.39. The van der Waals surface area contributed by atoms with Crippen LogP contribution in [0.25, 0.3) is 0 Å². The van der Waals surface area contributed by atoms with Crippen molar-refractivity contribution in [1.82, 2.24) is 15.1 Å². The van der Waals surface area contributed by atoms with E-state index in [1.54, 1.807) is 33.5 Å². The molecular weight excluding hydrogens is 358 g/mol. The van der Waals surface area contributed by atoms with Crippen molar-refractivity contribution in [3.05, 3.63) is 17.7 Å². The van der Waals surface area contributed by atoms with E-state index in [-0.39, 0.29) is 18.3 Å². The average Bonchev–Trinajstić information content (AvgIpc) is 3.17. The van der Waals surface area contributed by atoms with E-state index in [2.05, 4.69) is 10.2 Å². The molecule has 1 amide bonds. The second kappa shape index (κ2) is 9.30. The lowest BCUT2D eigenvalue weighted by molar-refractivity contribution is 0.0772. The molecule has 8 heteroatoms. The van der Waals surface area contributed by atoms with Gasteiger partial charge in [-0.25, -0.2) is 0 Å². The van der Waals surface area contributed by atoms with Crippen LogP contribution in [0.1, 0.15) is 16.8 Å². The minimum Gasteiger partial charge on any atom is -0.493 e. The van der Waals surface area contributed by atoms with Gasteiger partial charge < -0.3 is 24.4 Å². The van der Waals surface area contributed by atoms with Crippen molar-refractivity contribution in [3.63, 3.8) is 0 Å². The van der Waals surface area contributed by atoms with Crippen molar-refractivity contribution in [3.8, 4) is 17.2 Å². The van der Waals surface area contributed by atoms with Gasteiger partial charge in [0, 0.05) is 50.9 Å². The smallest absolute Gasteiger partial charge is 0.254 e. The van der Waals surface area contributed by atoms with Crippen molar-refractivity contribution < 1.29 is 19.0 Å². The van der Waals surface area contributed by atoms with E-state index < -0.39 is 0 Å². The quantitative estimate of drug-likeness (QED) is 0.823. The summed E-state index contributed by atoms with van der Waals surface area (Å²) in [6, 6.07) is 3.90. The number of carbonyl (C=O) groups is 1. The molecule has 0 spiro atoms. The summed E-state index contributed by atoms with van der Waals surface area (Å²) in [5.41, 5.74) is 0.565. The van der Waals surface area contributed by atoms with Crippen molar-refractivity contribution >= 4 is 18.3 Å². The molecule has 0 saturated carbocycles. The molecule has 2 aliphatic heterocycles. The number of hydrogen-bond donors (Lipinski definition) is 1. The van der Waals surface area contributed by atoms with Gasteiger partial charge in [-0.05, 0) is 18.6 Å². The maximum atomic E-state index is 13.0. The monoisotopic (exact) mass is 385 g/mol. The van der Waals surface area contributed by atoms with E-state index in [1.165, 1.54) is 0 Å². The highest BCUT2D eigenvalue weighted by Crippen LogP contribution is 2.38. The van der Waals surface area contributed by atoms with Gasteiger partial charge in [0.1, 0.15) is 0 Å². The van der Waals surface area contributed by atoms with Crippen LogP contribution in [-0.4, -0.2) is 82.3 Å². The standard InChI is InChI=1S/C18H27N3O4.ClH/c1-23-15-10-13(11-16(24-2)17(15)25-3)18(22)21-7-4-14(12-21)20-8-5-19-6-9-20;/h10-11,14,19H,4-9,12H2,1-3H3;1H. The molecule has 0 aromatic heterocycles. The Morgan fingerprint density at radius 2 is 1.65 bits per heavy atom. The van der Waals surface area contributed by atoms with E-state index in [4.69, 9.17) is 14.2 Å². The molecule has 0 bridgehead atoms. The molecule has 1 aromatic rings. The Kier molecular flexibility index (Phi) is 7.37. The van der Waals surface area contributed by atoms with Crippen LogP contribution in [0.15, 0.2) is 12.1 Å². The first kappa shape index (κ1) is 20.6. The minimum absolute atomic E-state index is 0. The van der Waals surface area contributed by atoms with Crippen LogP contribution in [-0.2, 0) is 0 Å². The zero-order valence-corrected chi connectivity index (χ0v) is 16.4. The van der Waals surface area contributed by atoms with Gasteiger partial charge in [0.05, 0.1) is 21.3 Å². The van der Waals surface area contributed by atoms with Gasteiger partial charge in [0.15, 0.2) is 11.5 Å². The summed E-state index contributed by atoms with van der Waals surface area (Å²) in [6.45, 7) is 5.71. The molecule has 2 fully saturated rings. The van der Waals surface area contributed by atoms with E-state index in [1.807, 2.05) is 4.90 Å². The van der Waals surface area contributed by atoms with E-state index >= 15 is 0 Å². The largest absolute Gasteiger partial charge is 0.493 e. The van der Waals surface area contributed by atoms with Gasteiger partial charge in [0.25, 0.3) is 5.91 Å². The first-order valence-electron chi connectivity index (χ1n) is 8.72. The summed E-state index contributed by atoms with van der Waals surface area (Å²) in [5.74, 6) is 1.52. The highest BCUT2D eigenvalue weighted by molar-refractivity contribution is 5.96. The molecule has 1 unspecified atom stereocenters. The van der Waals surface area contributed by atoms with Crippen molar-refractivity contribution in [2.45, 2.75) is 12.5 Å². The van der Waals surface area contributed by atoms with E-state index in [0.29, 0.717) is 28.9 Å². The Bertz CT molecular complexity index is 597. The molecule has 26 heavy (non-hydrogen) atoms. The SMILES string of the molecule is COc1cc(C(=O)N2CCC(N3CCNCC3)C2)cc(OC)c1OC.Cl. The molecule has 0 aliphatic carbocycles. The fourth-order valence-corrected chi connectivity index (χ4v) is 3.66. The molecule has 3 rings (SSSR count). The number of halogens is 1. The maximum absolute atomic E-state index is 13.0. The predicted molar refractivity (Wildman–Crippen MR) is 102 cm³/mol. The highest BCUT2D eigenvalue weighted by Gasteiger charge is 2.32. The molecule has 2 saturated heterocycles. The summed E-state index contributed by atoms with van der Waals surface area (Å²) in [7, 11) is 4.67. The number of ether oxygens (including phenoxy) is 3. The van der Waals surface area contributed by atoms with Gasteiger partial charge >= 0.3 is 0 Å². The van der Waals surface area contributed by atoms with Crippen LogP contribution in [0, 0.1) is 0 Å². The fraction of sp³-hybridized carbons (Fsp3) is 0.611. The number of benzene rings is 1. The molecule has 1 atom stereocenters. The topological polar surface area (TPSA) is 63.3 Å². The van der Waals surface area contributed by atoms with Crippen LogP contribution in [0.4, 0.5) is 0 Å². The number of methoxy groups -OCH3 is 3. The third-order valence-electron chi connectivity index (χ3n) is 5.03. The summed E-state index contributed by atoms with van der Waals surface area (Å²) < 4.78 is 16.0. The lowest BCUT2D eigenvalue weighted by Gasteiger charge is -2.32. The van der Waals surface area contributed by atoms with Crippen LogP contribution in [0.2, 0.25) is 0 Å². The molecule has 1 N–H and O–H groups in total. The number of nitrogens with one attached hydrogen (secondary N) is 1. The van der Waals surface area contributed by atoms with Gasteiger partial charge in [-0.1, -0.05) is 0 Å². The molecule has 0 radical (unpaired) electrons. The Morgan fingerprint density at radius 3 is 2.19 bits per heavy atom. The van der Waals surface area contributed by atoms with Gasteiger partial charge in [0.2, 0.25) is 5.75 Å². The number of likely N-dealkylation sites (tertiary alicyclic amines) is 1. The molecule has 2 heterocycles. The number of rotatable bonds is 5. The molecule has 146 valence electrons. The zero-order valence-electron chi connectivity index (χ0n) is 15.6. The van der Waals surface area contributed by atoms with Crippen molar-refractivity contribution in [1.29, 1.82) is 0 Å². The molecular formula is C18H28ClN3O4. The van der Waals surface area contributed by atoms with Gasteiger partial charge in [-0.15, -0.1) is 12.4 Å². The molecule has 1 aromatic carbocycles. The summed E-state index contributed by atoms with van der Waals surface area (Å²) in [6.07, 6.45) is 1.02. The van der Waals surface area contributed by atoms with Gasteiger partial charge in [-0.2, -0.15) is 0 Å². The number of carbonyl (C=O) groups excluding carboxylic acids is 1. The van der Waals surface area contributed by atoms with Crippen molar-refractivity contribution in [2.75, 3.05) is 60.6 Å². The summed E-state index contributed by atoms with van der Waals surface area (Å²) in [5, 5.41) is 3.37. The van der Waals surface area contributed by atoms with Crippen LogP contribution >= 0.6 is 12.4 Å². The van der Waals surface area contributed by atoms with Crippen LogP contribution in [0.3, 0.4) is 0 Å². The normalized spacial score (nSPS) is 20.4. The lowest BCUT2D eigenvalue weighted by Crippen LogP contribution is -2.49. The van der Waals surface area contributed by atoms with E-state index in [0.717, 1.165) is 45.7 Å². The number of piperazine rings is 1. The Balaban J connectivity index is 0.00000243. The zero-order chi connectivity index (χ0) is 17.8. The van der Waals surface area contributed by atoms with Crippen molar-refractivity contribution in [2.24, 2.45) is 0 Å². The number of hydrogen-bond acceptors (Lipinski definition) is 6.